The van der Waals surface area contributed by atoms with Crippen molar-refractivity contribution in [2.24, 2.45) is 0 Å². The van der Waals surface area contributed by atoms with E-state index >= 15 is 0 Å². The van der Waals surface area contributed by atoms with Crippen molar-refractivity contribution in [2.45, 2.75) is 19.3 Å². The van der Waals surface area contributed by atoms with E-state index in [1.165, 1.54) is 24.3 Å². The predicted molar refractivity (Wildman–Crippen MR) is 117 cm³/mol. The molecule has 1 aromatic heterocycles. The Balaban J connectivity index is 1.63. The molecule has 0 unspecified atom stereocenters. The molecule has 0 saturated carbocycles. The van der Waals surface area contributed by atoms with Crippen LogP contribution in [0.2, 0.25) is 0 Å². The third-order valence-electron chi connectivity index (χ3n) is 4.82. The summed E-state index contributed by atoms with van der Waals surface area (Å²) in [6, 6.07) is 12.3. The first-order valence-electron chi connectivity index (χ1n) is 9.94. The molecule has 0 fully saturated rings. The Kier molecular flexibility index (Phi) is 5.84. The molecule has 3 aromatic rings. The first-order valence-corrected chi connectivity index (χ1v) is 9.94. The van der Waals surface area contributed by atoms with Gasteiger partial charge in [0.25, 0.3) is 5.56 Å². The summed E-state index contributed by atoms with van der Waals surface area (Å²) in [7, 11) is 0. The second kappa shape index (κ2) is 8.88. The number of para-hydroxylation sites is 2. The number of nitrogens with zero attached hydrogens (tertiary/aromatic N) is 1. The van der Waals surface area contributed by atoms with Crippen LogP contribution in [0.15, 0.2) is 53.3 Å². The number of benzene rings is 2. The first kappa shape index (κ1) is 21.0. The highest BCUT2D eigenvalue weighted by Gasteiger charge is 2.35. The van der Waals surface area contributed by atoms with Gasteiger partial charge < -0.3 is 20.7 Å². The quantitative estimate of drug-likeness (QED) is 0.470. The number of carbonyl (C=O) groups excluding carboxylic acids is 2. The Bertz CT molecular complexity index is 1230. The standard InChI is InChI=1S/C22H20FN5O4/c1-2-32-16-6-4-3-5-15(16)25-20(30)14-11-17(29)26-19-18(14)21(31)28-22(27-19)24-13-9-7-12(23)8-10-13/h3-10,14H,2,11H2,1H3,(H,25,30)(H3,24,26,27,28,29,31)/t14-/m1/s1. The number of anilines is 4. The third-order valence-corrected chi connectivity index (χ3v) is 4.82. The molecule has 4 N–H and O–H groups in total. The van der Waals surface area contributed by atoms with E-state index in [-0.39, 0.29) is 23.8 Å². The molecule has 2 heterocycles. The summed E-state index contributed by atoms with van der Waals surface area (Å²) in [5.74, 6) is -1.90. The zero-order valence-electron chi connectivity index (χ0n) is 17.1. The number of amides is 2. The minimum Gasteiger partial charge on any atom is -0.492 e. The summed E-state index contributed by atoms with van der Waals surface area (Å²) in [5.41, 5.74) is 0.405. The highest BCUT2D eigenvalue weighted by molar-refractivity contribution is 6.05. The first-order chi connectivity index (χ1) is 15.4. The molecule has 1 aliphatic rings. The largest absolute Gasteiger partial charge is 0.492 e. The molecule has 10 heteroatoms. The van der Waals surface area contributed by atoms with Gasteiger partial charge in [-0.1, -0.05) is 12.1 Å². The molecule has 0 saturated heterocycles. The second-order valence-corrected chi connectivity index (χ2v) is 7.03. The monoisotopic (exact) mass is 437 g/mol. The number of halogens is 1. The second-order valence-electron chi connectivity index (χ2n) is 7.03. The summed E-state index contributed by atoms with van der Waals surface area (Å²) in [6.45, 7) is 2.23. The van der Waals surface area contributed by atoms with E-state index in [0.29, 0.717) is 23.7 Å². The van der Waals surface area contributed by atoms with Crippen LogP contribution < -0.4 is 26.2 Å². The van der Waals surface area contributed by atoms with Crippen molar-refractivity contribution in [1.29, 1.82) is 0 Å². The van der Waals surface area contributed by atoms with E-state index in [1.807, 2.05) is 6.92 Å². The lowest BCUT2D eigenvalue weighted by Gasteiger charge is -2.24. The van der Waals surface area contributed by atoms with Crippen molar-refractivity contribution in [3.63, 3.8) is 0 Å². The molecule has 1 aliphatic heterocycles. The van der Waals surface area contributed by atoms with Crippen LogP contribution in [0.5, 0.6) is 5.75 Å². The molecule has 1 atom stereocenters. The van der Waals surface area contributed by atoms with Crippen LogP contribution in [0.1, 0.15) is 24.8 Å². The molecule has 0 radical (unpaired) electrons. The maximum atomic E-state index is 13.1. The van der Waals surface area contributed by atoms with Gasteiger partial charge >= 0.3 is 0 Å². The van der Waals surface area contributed by atoms with Crippen molar-refractivity contribution in [3.8, 4) is 5.75 Å². The molecule has 9 nitrogen and oxygen atoms in total. The number of H-pyrrole nitrogens is 1. The lowest BCUT2D eigenvalue weighted by Crippen LogP contribution is -2.36. The molecule has 0 spiro atoms. The van der Waals surface area contributed by atoms with Crippen LogP contribution in [0.25, 0.3) is 0 Å². The van der Waals surface area contributed by atoms with E-state index in [9.17, 15) is 18.8 Å². The van der Waals surface area contributed by atoms with Crippen molar-refractivity contribution in [2.75, 3.05) is 22.6 Å². The topological polar surface area (TPSA) is 125 Å². The number of ether oxygens (including phenoxy) is 1. The van der Waals surface area contributed by atoms with Gasteiger partial charge in [-0.3, -0.25) is 19.4 Å². The van der Waals surface area contributed by atoms with Gasteiger partial charge in [-0.15, -0.1) is 0 Å². The van der Waals surface area contributed by atoms with E-state index < -0.39 is 29.1 Å². The van der Waals surface area contributed by atoms with Gasteiger partial charge in [-0.05, 0) is 43.3 Å². The summed E-state index contributed by atoms with van der Waals surface area (Å²) in [5, 5.41) is 8.12. The van der Waals surface area contributed by atoms with Crippen molar-refractivity contribution < 1.29 is 18.7 Å². The van der Waals surface area contributed by atoms with Gasteiger partial charge in [0.2, 0.25) is 17.8 Å². The van der Waals surface area contributed by atoms with Gasteiger partial charge in [0.15, 0.2) is 0 Å². The number of carbonyl (C=O) groups is 2. The zero-order chi connectivity index (χ0) is 22.7. The fourth-order valence-corrected chi connectivity index (χ4v) is 3.40. The summed E-state index contributed by atoms with van der Waals surface area (Å²) >= 11 is 0. The minimum absolute atomic E-state index is 0.00662. The van der Waals surface area contributed by atoms with Crippen LogP contribution in [0.4, 0.5) is 27.5 Å². The van der Waals surface area contributed by atoms with Gasteiger partial charge in [-0.2, -0.15) is 4.98 Å². The van der Waals surface area contributed by atoms with E-state index in [1.54, 1.807) is 24.3 Å². The lowest BCUT2D eigenvalue weighted by atomic mass is 9.92. The predicted octanol–water partition coefficient (Wildman–Crippen LogP) is 3.12. The van der Waals surface area contributed by atoms with Crippen LogP contribution in [0, 0.1) is 5.82 Å². The van der Waals surface area contributed by atoms with Crippen LogP contribution in [-0.4, -0.2) is 28.4 Å². The number of fused-ring (bicyclic) bond motifs is 1. The van der Waals surface area contributed by atoms with Gasteiger partial charge in [-0.25, -0.2) is 4.39 Å². The molecular formula is C22H20FN5O4. The van der Waals surface area contributed by atoms with E-state index in [4.69, 9.17) is 4.74 Å². The molecule has 2 amide bonds. The van der Waals surface area contributed by atoms with Crippen LogP contribution in [0.3, 0.4) is 0 Å². The average molecular weight is 437 g/mol. The maximum absolute atomic E-state index is 13.1. The molecule has 2 aromatic carbocycles. The Morgan fingerprint density at radius 3 is 2.69 bits per heavy atom. The van der Waals surface area contributed by atoms with Crippen molar-refractivity contribution in [3.05, 3.63) is 70.3 Å². The fourth-order valence-electron chi connectivity index (χ4n) is 3.40. The van der Waals surface area contributed by atoms with Crippen LogP contribution >= 0.6 is 0 Å². The van der Waals surface area contributed by atoms with Gasteiger partial charge in [0, 0.05) is 12.1 Å². The average Bonchev–Trinajstić information content (AvgIpc) is 2.76. The normalized spacial score (nSPS) is 14.8. The van der Waals surface area contributed by atoms with Gasteiger partial charge in [0.1, 0.15) is 17.4 Å². The molecular weight excluding hydrogens is 417 g/mol. The maximum Gasteiger partial charge on any atom is 0.258 e. The Morgan fingerprint density at radius 1 is 1.19 bits per heavy atom. The summed E-state index contributed by atoms with van der Waals surface area (Å²) in [6.07, 6.45) is -0.203. The molecule has 32 heavy (non-hydrogen) atoms. The molecule has 0 aliphatic carbocycles. The number of nitrogens with one attached hydrogen (secondary N) is 4. The third kappa shape index (κ3) is 4.43. The van der Waals surface area contributed by atoms with Gasteiger partial charge in [0.05, 0.1) is 23.8 Å². The Hall–Kier alpha value is -4.21. The number of hydrogen-bond acceptors (Lipinski definition) is 6. The number of aromatic nitrogens is 2. The van der Waals surface area contributed by atoms with E-state index in [0.717, 1.165) is 0 Å². The lowest BCUT2D eigenvalue weighted by molar-refractivity contribution is -0.123. The smallest absolute Gasteiger partial charge is 0.258 e. The zero-order valence-corrected chi connectivity index (χ0v) is 17.1. The Morgan fingerprint density at radius 2 is 1.94 bits per heavy atom. The molecule has 164 valence electrons. The summed E-state index contributed by atoms with van der Waals surface area (Å²) in [4.78, 5) is 44.9. The van der Waals surface area contributed by atoms with Crippen molar-refractivity contribution in [1.82, 2.24) is 9.97 Å². The van der Waals surface area contributed by atoms with Crippen LogP contribution in [-0.2, 0) is 9.59 Å². The SMILES string of the molecule is CCOc1ccccc1NC(=O)[C@@H]1CC(=O)Nc2nc(Nc3ccc(F)cc3)[nH]c(=O)c21. The number of aromatic amines is 1. The van der Waals surface area contributed by atoms with E-state index in [2.05, 4.69) is 25.9 Å². The fraction of sp³-hybridized carbons (Fsp3) is 0.182. The van der Waals surface area contributed by atoms with Crippen molar-refractivity contribution >= 4 is 35.0 Å². The molecule has 4 rings (SSSR count). The molecule has 0 bridgehead atoms. The Labute approximate surface area is 182 Å². The highest BCUT2D eigenvalue weighted by atomic mass is 19.1. The number of hydrogen-bond donors (Lipinski definition) is 4. The number of rotatable bonds is 6. The minimum atomic E-state index is -1.04. The summed E-state index contributed by atoms with van der Waals surface area (Å²) < 4.78 is 18.6. The highest BCUT2D eigenvalue weighted by Crippen LogP contribution is 2.32.